The van der Waals surface area contributed by atoms with E-state index in [1.54, 1.807) is 6.20 Å². The third-order valence-corrected chi connectivity index (χ3v) is 3.12. The number of carbonyl (C=O) groups excluding carboxylic acids is 1. The molecule has 1 aromatic heterocycles. The SMILES string of the molecule is CC(C)(C)OC(=O)N1Cc2cc(Br)cnc2C(O)C1. The molecule has 1 atom stereocenters. The van der Waals surface area contributed by atoms with E-state index < -0.39 is 17.8 Å². The molecule has 0 aliphatic carbocycles. The molecule has 1 amide bonds. The lowest BCUT2D eigenvalue weighted by Crippen LogP contribution is -2.41. The van der Waals surface area contributed by atoms with Gasteiger partial charge in [0.25, 0.3) is 0 Å². The van der Waals surface area contributed by atoms with Crippen LogP contribution in [0.15, 0.2) is 16.7 Å². The van der Waals surface area contributed by atoms with Gasteiger partial charge in [0.2, 0.25) is 0 Å². The highest BCUT2D eigenvalue weighted by atomic mass is 79.9. The molecule has 0 saturated heterocycles. The van der Waals surface area contributed by atoms with Gasteiger partial charge in [0, 0.05) is 10.7 Å². The Hall–Kier alpha value is -1.14. The van der Waals surface area contributed by atoms with Crippen LogP contribution in [0, 0.1) is 0 Å². The van der Waals surface area contributed by atoms with E-state index in [1.807, 2.05) is 26.8 Å². The summed E-state index contributed by atoms with van der Waals surface area (Å²) in [4.78, 5) is 17.7. The third kappa shape index (κ3) is 3.45. The average Bonchev–Trinajstić information content (AvgIpc) is 2.25. The van der Waals surface area contributed by atoms with E-state index in [0.717, 1.165) is 10.0 Å². The van der Waals surface area contributed by atoms with Gasteiger partial charge in [-0.2, -0.15) is 0 Å². The molecule has 1 N–H and O–H groups in total. The minimum atomic E-state index is -0.774. The quantitative estimate of drug-likeness (QED) is 0.795. The first-order chi connectivity index (χ1) is 8.76. The molecule has 0 saturated carbocycles. The third-order valence-electron chi connectivity index (χ3n) is 2.69. The lowest BCUT2D eigenvalue weighted by Gasteiger charge is -2.33. The van der Waals surface area contributed by atoms with E-state index >= 15 is 0 Å². The summed E-state index contributed by atoms with van der Waals surface area (Å²) in [5, 5.41) is 10.0. The zero-order valence-corrected chi connectivity index (χ0v) is 12.8. The molecule has 6 heteroatoms. The first-order valence-corrected chi connectivity index (χ1v) is 6.86. The summed E-state index contributed by atoms with van der Waals surface area (Å²) in [6.07, 6.45) is 0.451. The van der Waals surface area contributed by atoms with Crippen molar-refractivity contribution in [2.75, 3.05) is 6.54 Å². The zero-order chi connectivity index (χ0) is 14.2. The van der Waals surface area contributed by atoms with Crippen molar-refractivity contribution in [1.29, 1.82) is 0 Å². The van der Waals surface area contributed by atoms with Gasteiger partial charge in [-0.3, -0.25) is 4.98 Å². The number of amides is 1. The number of rotatable bonds is 0. The molecule has 1 aromatic rings. The Morgan fingerprint density at radius 3 is 2.89 bits per heavy atom. The summed E-state index contributed by atoms with van der Waals surface area (Å²) in [7, 11) is 0. The van der Waals surface area contributed by atoms with Crippen LogP contribution in [-0.4, -0.2) is 33.2 Å². The molecule has 19 heavy (non-hydrogen) atoms. The van der Waals surface area contributed by atoms with Crippen LogP contribution in [0.1, 0.15) is 38.1 Å². The molecule has 0 bridgehead atoms. The van der Waals surface area contributed by atoms with Gasteiger partial charge in [-0.1, -0.05) is 0 Å². The lowest BCUT2D eigenvalue weighted by atomic mass is 10.0. The molecule has 0 spiro atoms. The first kappa shape index (κ1) is 14.3. The summed E-state index contributed by atoms with van der Waals surface area (Å²) >= 11 is 3.34. The van der Waals surface area contributed by atoms with Crippen molar-refractivity contribution in [3.63, 3.8) is 0 Å². The van der Waals surface area contributed by atoms with Crippen LogP contribution in [-0.2, 0) is 11.3 Å². The Morgan fingerprint density at radius 2 is 2.26 bits per heavy atom. The molecular formula is C13H17BrN2O3. The van der Waals surface area contributed by atoms with Crippen molar-refractivity contribution in [3.8, 4) is 0 Å². The Balaban J connectivity index is 2.18. The topological polar surface area (TPSA) is 62.7 Å². The van der Waals surface area contributed by atoms with Crippen LogP contribution in [0.5, 0.6) is 0 Å². The fourth-order valence-electron chi connectivity index (χ4n) is 1.95. The molecule has 2 heterocycles. The van der Waals surface area contributed by atoms with Crippen molar-refractivity contribution < 1.29 is 14.6 Å². The summed E-state index contributed by atoms with van der Waals surface area (Å²) in [6, 6.07) is 1.86. The molecule has 0 fully saturated rings. The largest absolute Gasteiger partial charge is 0.444 e. The standard InChI is InChI=1S/C13H17BrN2O3/c1-13(2,3)19-12(18)16-6-8-4-9(14)5-15-11(8)10(17)7-16/h4-5,10,17H,6-7H2,1-3H3. The normalized spacial score (nSPS) is 19.0. The van der Waals surface area contributed by atoms with Crippen molar-refractivity contribution in [1.82, 2.24) is 9.88 Å². The molecule has 1 unspecified atom stereocenters. The predicted molar refractivity (Wildman–Crippen MR) is 73.5 cm³/mol. The fourth-order valence-corrected chi connectivity index (χ4v) is 2.33. The minimum absolute atomic E-state index is 0.205. The molecule has 2 rings (SSSR count). The molecule has 5 nitrogen and oxygen atoms in total. The van der Waals surface area contributed by atoms with Crippen LogP contribution in [0.4, 0.5) is 4.79 Å². The van der Waals surface area contributed by atoms with E-state index in [1.165, 1.54) is 4.90 Å². The second-order valence-corrected chi connectivity index (χ2v) is 6.49. The molecule has 1 aliphatic heterocycles. The maximum atomic E-state index is 12.0. The van der Waals surface area contributed by atoms with Gasteiger partial charge in [-0.25, -0.2) is 4.79 Å². The number of pyridine rings is 1. The van der Waals surface area contributed by atoms with Crippen molar-refractivity contribution >= 4 is 22.0 Å². The smallest absolute Gasteiger partial charge is 0.410 e. The number of ether oxygens (including phenoxy) is 1. The Labute approximate surface area is 120 Å². The van der Waals surface area contributed by atoms with Crippen molar-refractivity contribution in [3.05, 3.63) is 28.0 Å². The van der Waals surface area contributed by atoms with Crippen LogP contribution in [0.2, 0.25) is 0 Å². The number of halogens is 1. The maximum Gasteiger partial charge on any atom is 0.410 e. The van der Waals surface area contributed by atoms with Gasteiger partial charge in [0.1, 0.15) is 11.7 Å². The molecular weight excluding hydrogens is 312 g/mol. The Bertz CT molecular complexity index is 499. The highest BCUT2D eigenvalue weighted by Gasteiger charge is 2.30. The van der Waals surface area contributed by atoms with Gasteiger partial charge in [0.15, 0.2) is 0 Å². The van der Waals surface area contributed by atoms with Gasteiger partial charge in [-0.15, -0.1) is 0 Å². The summed E-state index contributed by atoms with van der Waals surface area (Å²) in [5.41, 5.74) is 0.916. The van der Waals surface area contributed by atoms with Crippen molar-refractivity contribution in [2.24, 2.45) is 0 Å². The Morgan fingerprint density at radius 1 is 1.58 bits per heavy atom. The van der Waals surface area contributed by atoms with E-state index in [9.17, 15) is 9.90 Å². The highest BCUT2D eigenvalue weighted by Crippen LogP contribution is 2.27. The lowest BCUT2D eigenvalue weighted by molar-refractivity contribution is 0.00755. The summed E-state index contributed by atoms with van der Waals surface area (Å²) < 4.78 is 6.14. The summed E-state index contributed by atoms with van der Waals surface area (Å²) in [5.74, 6) is 0. The number of hydrogen-bond acceptors (Lipinski definition) is 4. The van der Waals surface area contributed by atoms with Gasteiger partial charge >= 0.3 is 6.09 Å². The van der Waals surface area contributed by atoms with Crippen LogP contribution >= 0.6 is 15.9 Å². The number of nitrogens with zero attached hydrogens (tertiary/aromatic N) is 2. The maximum absolute atomic E-state index is 12.0. The van der Waals surface area contributed by atoms with Crippen LogP contribution in [0.3, 0.4) is 0 Å². The predicted octanol–water partition coefficient (Wildman–Crippen LogP) is 2.63. The fraction of sp³-hybridized carbons (Fsp3) is 0.538. The molecule has 1 aliphatic rings. The molecule has 0 aromatic carbocycles. The van der Waals surface area contributed by atoms with Gasteiger partial charge in [-0.05, 0) is 48.3 Å². The summed E-state index contributed by atoms with van der Waals surface area (Å²) in [6.45, 7) is 6.05. The van der Waals surface area contributed by atoms with E-state index in [-0.39, 0.29) is 6.54 Å². The number of aliphatic hydroxyl groups is 1. The van der Waals surface area contributed by atoms with E-state index in [0.29, 0.717) is 12.2 Å². The second kappa shape index (κ2) is 5.09. The average molecular weight is 329 g/mol. The minimum Gasteiger partial charge on any atom is -0.444 e. The zero-order valence-electron chi connectivity index (χ0n) is 11.2. The second-order valence-electron chi connectivity index (χ2n) is 5.57. The Kier molecular flexibility index (Phi) is 3.82. The number of β-amino-alcohol motifs (C(OH)–C–C–N with tert-alkyl or cyclic N) is 1. The highest BCUT2D eigenvalue weighted by molar-refractivity contribution is 9.10. The molecule has 104 valence electrons. The van der Waals surface area contributed by atoms with Gasteiger partial charge in [0.05, 0.1) is 18.8 Å². The van der Waals surface area contributed by atoms with Gasteiger partial charge < -0.3 is 14.7 Å². The molecule has 0 radical (unpaired) electrons. The monoisotopic (exact) mass is 328 g/mol. The van der Waals surface area contributed by atoms with Crippen molar-refractivity contribution in [2.45, 2.75) is 39.0 Å². The number of hydrogen-bond donors (Lipinski definition) is 1. The van der Waals surface area contributed by atoms with Crippen LogP contribution in [0.25, 0.3) is 0 Å². The van der Waals surface area contributed by atoms with Crippen LogP contribution < -0.4 is 0 Å². The van der Waals surface area contributed by atoms with E-state index in [2.05, 4.69) is 20.9 Å². The number of fused-ring (bicyclic) bond motifs is 1. The first-order valence-electron chi connectivity index (χ1n) is 6.06. The number of carbonyl (C=O) groups is 1. The number of aromatic nitrogens is 1. The van der Waals surface area contributed by atoms with E-state index in [4.69, 9.17) is 4.74 Å². The number of aliphatic hydroxyl groups excluding tert-OH is 1.